The molecule has 0 saturated carbocycles. The van der Waals surface area contributed by atoms with Gasteiger partial charge in [-0.15, -0.1) is 0 Å². The maximum absolute atomic E-state index is 5.98. The fourth-order valence-corrected chi connectivity index (χ4v) is 3.42. The summed E-state index contributed by atoms with van der Waals surface area (Å²) in [6.07, 6.45) is 3.92. The molecule has 0 amide bonds. The molecule has 3 heteroatoms. The zero-order valence-corrected chi connectivity index (χ0v) is 11.8. The van der Waals surface area contributed by atoms with E-state index >= 15 is 0 Å². The predicted octanol–water partition coefficient (Wildman–Crippen LogP) is 3.26. The summed E-state index contributed by atoms with van der Waals surface area (Å²) in [5.41, 5.74) is 7.88. The first-order valence-electron chi connectivity index (χ1n) is 6.59. The van der Waals surface area contributed by atoms with Gasteiger partial charge in [0.1, 0.15) is 0 Å². The largest absolute Gasteiger partial charge is 0.329 e. The highest BCUT2D eigenvalue weighted by Crippen LogP contribution is 2.33. The topological polar surface area (TPSA) is 29.3 Å². The van der Waals surface area contributed by atoms with E-state index in [9.17, 15) is 0 Å². The minimum absolute atomic E-state index is 0.426. The Morgan fingerprint density at radius 2 is 2.24 bits per heavy atom. The van der Waals surface area contributed by atoms with Crippen molar-refractivity contribution in [2.24, 2.45) is 11.1 Å². The maximum Gasteiger partial charge on any atom is 0.0478 e. The van der Waals surface area contributed by atoms with Gasteiger partial charge in [0.15, 0.2) is 0 Å². The van der Waals surface area contributed by atoms with E-state index in [1.807, 2.05) is 0 Å². The second-order valence-electron chi connectivity index (χ2n) is 5.86. The third-order valence-electron chi connectivity index (χ3n) is 3.97. The SMILES string of the molecule is CC1(C)CCCN(C(CN)c2ccsc2)CC1. The van der Waals surface area contributed by atoms with Crippen LogP contribution in [0.4, 0.5) is 0 Å². The van der Waals surface area contributed by atoms with Crippen LogP contribution >= 0.6 is 11.3 Å². The van der Waals surface area contributed by atoms with Gasteiger partial charge in [-0.05, 0) is 60.2 Å². The maximum atomic E-state index is 5.98. The molecule has 1 aliphatic heterocycles. The lowest BCUT2D eigenvalue weighted by Crippen LogP contribution is -2.34. The standard InChI is InChI=1S/C14H24N2S/c1-14(2)5-3-7-16(8-6-14)13(10-15)12-4-9-17-11-12/h4,9,11,13H,3,5-8,10,15H2,1-2H3. The Labute approximate surface area is 109 Å². The number of nitrogens with two attached hydrogens (primary N) is 1. The first-order valence-corrected chi connectivity index (χ1v) is 7.53. The third kappa shape index (κ3) is 3.30. The summed E-state index contributed by atoms with van der Waals surface area (Å²) >= 11 is 1.77. The van der Waals surface area contributed by atoms with E-state index in [2.05, 4.69) is 35.6 Å². The Kier molecular flexibility index (Phi) is 4.23. The molecule has 0 spiro atoms. The predicted molar refractivity (Wildman–Crippen MR) is 75.3 cm³/mol. The Balaban J connectivity index is 2.05. The van der Waals surface area contributed by atoms with Crippen molar-refractivity contribution in [3.05, 3.63) is 22.4 Å². The van der Waals surface area contributed by atoms with Crippen molar-refractivity contribution in [1.82, 2.24) is 4.90 Å². The highest BCUT2D eigenvalue weighted by atomic mass is 32.1. The summed E-state index contributed by atoms with van der Waals surface area (Å²) in [5.74, 6) is 0. The summed E-state index contributed by atoms with van der Waals surface area (Å²) in [6, 6.07) is 2.65. The summed E-state index contributed by atoms with van der Waals surface area (Å²) in [5, 5.41) is 4.40. The molecule has 1 aromatic rings. The van der Waals surface area contributed by atoms with Gasteiger partial charge in [0, 0.05) is 12.6 Å². The van der Waals surface area contributed by atoms with Gasteiger partial charge in [0.2, 0.25) is 0 Å². The minimum atomic E-state index is 0.426. The van der Waals surface area contributed by atoms with Crippen molar-refractivity contribution < 1.29 is 0 Å². The molecule has 2 rings (SSSR count). The molecular formula is C14H24N2S. The molecule has 17 heavy (non-hydrogen) atoms. The van der Waals surface area contributed by atoms with Crippen molar-refractivity contribution in [3.8, 4) is 0 Å². The molecule has 0 bridgehead atoms. The molecular weight excluding hydrogens is 228 g/mol. The van der Waals surface area contributed by atoms with Gasteiger partial charge >= 0.3 is 0 Å². The van der Waals surface area contributed by atoms with E-state index in [0.29, 0.717) is 11.5 Å². The Morgan fingerprint density at radius 1 is 1.41 bits per heavy atom. The van der Waals surface area contributed by atoms with E-state index < -0.39 is 0 Å². The van der Waals surface area contributed by atoms with Crippen LogP contribution < -0.4 is 5.73 Å². The van der Waals surface area contributed by atoms with Crippen LogP contribution in [0.5, 0.6) is 0 Å². The summed E-state index contributed by atoms with van der Waals surface area (Å²) in [7, 11) is 0. The molecule has 96 valence electrons. The fraction of sp³-hybridized carbons (Fsp3) is 0.714. The van der Waals surface area contributed by atoms with Crippen LogP contribution in [0.2, 0.25) is 0 Å². The molecule has 0 aromatic carbocycles. The Morgan fingerprint density at radius 3 is 2.88 bits per heavy atom. The van der Waals surface area contributed by atoms with Crippen LogP contribution in [0.15, 0.2) is 16.8 Å². The number of hydrogen-bond acceptors (Lipinski definition) is 3. The summed E-state index contributed by atoms with van der Waals surface area (Å²) in [4.78, 5) is 2.58. The van der Waals surface area contributed by atoms with E-state index in [4.69, 9.17) is 5.73 Å². The van der Waals surface area contributed by atoms with Crippen molar-refractivity contribution in [2.45, 2.75) is 39.2 Å². The Bertz CT molecular complexity index is 332. The van der Waals surface area contributed by atoms with Gasteiger partial charge in [-0.1, -0.05) is 13.8 Å². The minimum Gasteiger partial charge on any atom is -0.329 e. The molecule has 1 fully saturated rings. The molecule has 0 aliphatic carbocycles. The fourth-order valence-electron chi connectivity index (χ4n) is 2.72. The number of likely N-dealkylation sites (tertiary alicyclic amines) is 1. The van der Waals surface area contributed by atoms with Crippen LogP contribution in [-0.4, -0.2) is 24.5 Å². The summed E-state index contributed by atoms with van der Waals surface area (Å²) < 4.78 is 0. The molecule has 2 N–H and O–H groups in total. The van der Waals surface area contributed by atoms with Crippen molar-refractivity contribution >= 4 is 11.3 Å². The lowest BCUT2D eigenvalue weighted by molar-refractivity contribution is 0.200. The molecule has 1 aliphatic rings. The number of hydrogen-bond donors (Lipinski definition) is 1. The summed E-state index contributed by atoms with van der Waals surface area (Å²) in [6.45, 7) is 7.89. The van der Waals surface area contributed by atoms with Gasteiger partial charge in [0.05, 0.1) is 0 Å². The molecule has 1 saturated heterocycles. The van der Waals surface area contributed by atoms with E-state index in [1.54, 1.807) is 11.3 Å². The quantitative estimate of drug-likeness (QED) is 0.894. The first kappa shape index (κ1) is 13.1. The van der Waals surface area contributed by atoms with Crippen LogP contribution in [0.1, 0.15) is 44.7 Å². The second-order valence-corrected chi connectivity index (χ2v) is 6.64. The highest BCUT2D eigenvalue weighted by Gasteiger charge is 2.27. The zero-order chi connectivity index (χ0) is 12.3. The van der Waals surface area contributed by atoms with Gasteiger partial charge in [-0.3, -0.25) is 4.90 Å². The number of thiophene rings is 1. The van der Waals surface area contributed by atoms with Gasteiger partial charge in [-0.2, -0.15) is 11.3 Å². The first-order chi connectivity index (χ1) is 8.12. The average molecular weight is 252 g/mol. The van der Waals surface area contributed by atoms with Crippen LogP contribution in [0.25, 0.3) is 0 Å². The molecule has 1 unspecified atom stereocenters. The van der Waals surface area contributed by atoms with E-state index in [0.717, 1.165) is 6.54 Å². The molecule has 0 radical (unpaired) electrons. The average Bonchev–Trinajstić information content (AvgIpc) is 2.73. The van der Waals surface area contributed by atoms with Crippen molar-refractivity contribution in [3.63, 3.8) is 0 Å². The normalized spacial score (nSPS) is 23.2. The molecule has 1 aromatic heterocycles. The Hall–Kier alpha value is -0.380. The monoisotopic (exact) mass is 252 g/mol. The van der Waals surface area contributed by atoms with Crippen molar-refractivity contribution in [2.75, 3.05) is 19.6 Å². The van der Waals surface area contributed by atoms with Crippen LogP contribution in [0.3, 0.4) is 0 Å². The van der Waals surface area contributed by atoms with Gasteiger partial charge in [-0.25, -0.2) is 0 Å². The molecule has 2 heterocycles. The van der Waals surface area contributed by atoms with Crippen LogP contribution in [0, 0.1) is 5.41 Å². The van der Waals surface area contributed by atoms with E-state index in [-0.39, 0.29) is 0 Å². The van der Waals surface area contributed by atoms with E-state index in [1.165, 1.54) is 37.9 Å². The second kappa shape index (κ2) is 5.51. The van der Waals surface area contributed by atoms with Gasteiger partial charge in [0.25, 0.3) is 0 Å². The van der Waals surface area contributed by atoms with Crippen molar-refractivity contribution in [1.29, 1.82) is 0 Å². The zero-order valence-electron chi connectivity index (χ0n) is 11.0. The highest BCUT2D eigenvalue weighted by molar-refractivity contribution is 7.07. The van der Waals surface area contributed by atoms with Gasteiger partial charge < -0.3 is 5.73 Å². The smallest absolute Gasteiger partial charge is 0.0478 e. The molecule has 2 nitrogen and oxygen atoms in total. The number of rotatable bonds is 3. The third-order valence-corrected chi connectivity index (χ3v) is 4.67. The molecule has 1 atom stereocenters. The lowest BCUT2D eigenvalue weighted by atomic mass is 9.85. The lowest BCUT2D eigenvalue weighted by Gasteiger charge is -2.30. The number of nitrogens with zero attached hydrogens (tertiary/aromatic N) is 1. The van der Waals surface area contributed by atoms with Crippen LogP contribution in [-0.2, 0) is 0 Å².